The molecule has 0 radical (unpaired) electrons. The first-order valence-corrected chi connectivity index (χ1v) is 12.4. The monoisotopic (exact) mass is 491 g/mol. The van der Waals surface area contributed by atoms with Crippen molar-refractivity contribution < 1.29 is 27.1 Å². The van der Waals surface area contributed by atoms with E-state index in [9.17, 15) is 22.4 Å². The molecule has 1 aromatic heterocycles. The number of nitrogens with one attached hydrogen (secondary N) is 2. The minimum atomic E-state index is -4.33. The van der Waals surface area contributed by atoms with E-state index in [1.54, 1.807) is 42.6 Å². The third-order valence-electron chi connectivity index (χ3n) is 4.44. The summed E-state index contributed by atoms with van der Waals surface area (Å²) in [6, 6.07) is 12.5. The number of hydrogen-bond donors (Lipinski definition) is 2. The van der Waals surface area contributed by atoms with E-state index in [0.29, 0.717) is 11.3 Å². The van der Waals surface area contributed by atoms with Crippen molar-refractivity contribution in [2.45, 2.75) is 30.7 Å². The van der Waals surface area contributed by atoms with Crippen LogP contribution in [0.4, 0.5) is 9.52 Å². The molecule has 0 fully saturated rings. The second kappa shape index (κ2) is 11.1. The van der Waals surface area contributed by atoms with E-state index in [1.807, 2.05) is 0 Å². The van der Waals surface area contributed by atoms with Crippen molar-refractivity contribution in [3.8, 4) is 0 Å². The second-order valence-electron chi connectivity index (χ2n) is 6.91. The van der Waals surface area contributed by atoms with Gasteiger partial charge in [0.1, 0.15) is 16.8 Å². The molecule has 8 nitrogen and oxygen atoms in total. The first kappa shape index (κ1) is 24.5. The van der Waals surface area contributed by atoms with Gasteiger partial charge in [-0.3, -0.25) is 9.59 Å². The average molecular weight is 492 g/mol. The number of ether oxygens (including phenoxy) is 1. The lowest BCUT2D eigenvalue weighted by Gasteiger charge is -2.18. The summed E-state index contributed by atoms with van der Waals surface area (Å²) in [5, 5.41) is 4.37. The number of sulfonamides is 1. The Morgan fingerprint density at radius 1 is 1.12 bits per heavy atom. The summed E-state index contributed by atoms with van der Waals surface area (Å²) in [6.07, 6.45) is -0.0189. The number of carbonyl (C=O) groups excluding carboxylic acids is 2. The van der Waals surface area contributed by atoms with Crippen molar-refractivity contribution in [1.29, 1.82) is 0 Å². The quantitative estimate of drug-likeness (QED) is 0.422. The molecule has 2 N–H and O–H groups in total. The van der Waals surface area contributed by atoms with Crippen LogP contribution in [0.1, 0.15) is 18.2 Å². The molecule has 0 aliphatic rings. The van der Waals surface area contributed by atoms with Gasteiger partial charge in [0.25, 0.3) is 0 Å². The van der Waals surface area contributed by atoms with E-state index < -0.39 is 38.7 Å². The van der Waals surface area contributed by atoms with E-state index in [2.05, 4.69) is 15.0 Å². The largest absolute Gasteiger partial charge is 0.466 e. The van der Waals surface area contributed by atoms with Gasteiger partial charge in [0.15, 0.2) is 5.13 Å². The number of amides is 1. The first-order chi connectivity index (χ1) is 15.8. The third kappa shape index (κ3) is 6.91. The van der Waals surface area contributed by atoms with Crippen molar-refractivity contribution in [3.63, 3.8) is 0 Å². The number of anilines is 1. The molecule has 3 aromatic rings. The maximum Gasteiger partial charge on any atom is 0.311 e. The molecular formula is C22H22FN3O5S2. The van der Waals surface area contributed by atoms with E-state index in [0.717, 1.165) is 23.5 Å². The number of nitrogens with zero attached hydrogens (tertiary/aromatic N) is 1. The van der Waals surface area contributed by atoms with Crippen molar-refractivity contribution in [2.75, 3.05) is 11.9 Å². The molecule has 0 saturated carbocycles. The zero-order valence-electron chi connectivity index (χ0n) is 17.7. The summed E-state index contributed by atoms with van der Waals surface area (Å²) in [5.41, 5.74) is 1.12. The minimum absolute atomic E-state index is 0.0292. The lowest BCUT2D eigenvalue weighted by Crippen LogP contribution is -2.45. The molecule has 0 bridgehead atoms. The lowest BCUT2D eigenvalue weighted by molar-refractivity contribution is -0.142. The Morgan fingerprint density at radius 3 is 2.52 bits per heavy atom. The van der Waals surface area contributed by atoms with Crippen LogP contribution in [0.2, 0.25) is 0 Å². The zero-order valence-corrected chi connectivity index (χ0v) is 19.3. The molecule has 1 amide bonds. The molecule has 0 aliphatic heterocycles. The molecule has 1 unspecified atom stereocenters. The Kier molecular flexibility index (Phi) is 8.26. The summed E-state index contributed by atoms with van der Waals surface area (Å²) < 4.78 is 46.9. The van der Waals surface area contributed by atoms with Crippen LogP contribution < -0.4 is 10.0 Å². The second-order valence-corrected chi connectivity index (χ2v) is 9.45. The van der Waals surface area contributed by atoms with Gasteiger partial charge in [-0.1, -0.05) is 42.5 Å². The lowest BCUT2D eigenvalue weighted by atomic mass is 10.1. The van der Waals surface area contributed by atoms with Crippen LogP contribution in [0.25, 0.3) is 0 Å². The van der Waals surface area contributed by atoms with Gasteiger partial charge in [-0.25, -0.2) is 17.8 Å². The highest BCUT2D eigenvalue weighted by Gasteiger charge is 2.28. The highest BCUT2D eigenvalue weighted by molar-refractivity contribution is 7.89. The molecule has 33 heavy (non-hydrogen) atoms. The van der Waals surface area contributed by atoms with Gasteiger partial charge in [0.2, 0.25) is 15.9 Å². The van der Waals surface area contributed by atoms with Gasteiger partial charge in [-0.05, 0) is 31.0 Å². The number of hydrogen-bond acceptors (Lipinski definition) is 7. The fourth-order valence-electron chi connectivity index (χ4n) is 2.95. The van der Waals surface area contributed by atoms with Gasteiger partial charge in [0.05, 0.1) is 18.7 Å². The van der Waals surface area contributed by atoms with Crippen molar-refractivity contribution in [1.82, 2.24) is 9.71 Å². The van der Waals surface area contributed by atoms with E-state index in [-0.39, 0.29) is 24.6 Å². The van der Waals surface area contributed by atoms with Crippen LogP contribution >= 0.6 is 11.3 Å². The number of carbonyl (C=O) groups is 2. The van der Waals surface area contributed by atoms with Gasteiger partial charge in [-0.2, -0.15) is 4.72 Å². The van der Waals surface area contributed by atoms with Gasteiger partial charge < -0.3 is 10.1 Å². The SMILES string of the molecule is CCOC(=O)Cc1csc(NC(=O)C(Cc2ccccc2)NS(=O)(=O)c2ccccc2F)n1. The molecule has 0 aliphatic carbocycles. The summed E-state index contributed by atoms with van der Waals surface area (Å²) in [6.45, 7) is 1.94. The maximum atomic E-state index is 14.1. The number of thiazole rings is 1. The smallest absolute Gasteiger partial charge is 0.311 e. The molecule has 11 heteroatoms. The summed E-state index contributed by atoms with van der Waals surface area (Å²) in [4.78, 5) is 28.2. The van der Waals surface area contributed by atoms with Crippen LogP contribution in [0.15, 0.2) is 64.9 Å². The Bertz CT molecular complexity index is 1220. The Balaban J connectivity index is 1.79. The molecule has 1 atom stereocenters. The van der Waals surface area contributed by atoms with Crippen molar-refractivity contribution in [2.24, 2.45) is 0 Å². The zero-order chi connectivity index (χ0) is 23.8. The predicted molar refractivity (Wildman–Crippen MR) is 122 cm³/mol. The van der Waals surface area contributed by atoms with Crippen LogP contribution in [-0.2, 0) is 37.2 Å². The number of benzene rings is 2. The topological polar surface area (TPSA) is 114 Å². The molecule has 1 heterocycles. The molecule has 0 spiro atoms. The van der Waals surface area contributed by atoms with E-state index in [4.69, 9.17) is 4.74 Å². The van der Waals surface area contributed by atoms with Crippen LogP contribution in [0.5, 0.6) is 0 Å². The molecule has 0 saturated heterocycles. The molecule has 174 valence electrons. The van der Waals surface area contributed by atoms with E-state index >= 15 is 0 Å². The fourth-order valence-corrected chi connectivity index (χ4v) is 4.94. The first-order valence-electron chi connectivity index (χ1n) is 10.00. The Morgan fingerprint density at radius 2 is 1.82 bits per heavy atom. The fraction of sp³-hybridized carbons (Fsp3) is 0.227. The predicted octanol–water partition coefficient (Wildman–Crippen LogP) is 2.92. The number of halogens is 1. The summed E-state index contributed by atoms with van der Waals surface area (Å²) >= 11 is 1.09. The van der Waals surface area contributed by atoms with Crippen LogP contribution in [0.3, 0.4) is 0 Å². The van der Waals surface area contributed by atoms with Gasteiger partial charge >= 0.3 is 5.97 Å². The Hall–Kier alpha value is -3.15. The number of aromatic nitrogens is 1. The normalized spacial score (nSPS) is 12.2. The molecule has 2 aromatic carbocycles. The maximum absolute atomic E-state index is 14.1. The average Bonchev–Trinajstić information content (AvgIpc) is 3.20. The van der Waals surface area contributed by atoms with Crippen molar-refractivity contribution in [3.05, 3.63) is 77.1 Å². The van der Waals surface area contributed by atoms with Crippen LogP contribution in [-0.4, -0.2) is 37.9 Å². The number of rotatable bonds is 10. The third-order valence-corrected chi connectivity index (χ3v) is 6.75. The summed E-state index contributed by atoms with van der Waals surface area (Å²) in [5.74, 6) is -2.04. The van der Waals surface area contributed by atoms with E-state index in [1.165, 1.54) is 12.1 Å². The molecular weight excluding hydrogens is 469 g/mol. The highest BCUT2D eigenvalue weighted by atomic mass is 32.2. The molecule has 3 rings (SSSR count). The number of esters is 1. The summed E-state index contributed by atoms with van der Waals surface area (Å²) in [7, 11) is -4.33. The van der Waals surface area contributed by atoms with Crippen molar-refractivity contribution >= 4 is 38.4 Å². The Labute approximate surface area is 194 Å². The van der Waals surface area contributed by atoms with Gasteiger partial charge in [0, 0.05) is 5.38 Å². The standard InChI is InChI=1S/C22H22FN3O5S2/c1-2-31-20(27)13-16-14-32-22(24-16)25-21(28)18(12-15-8-4-3-5-9-15)26-33(29,30)19-11-7-6-10-17(19)23/h3-11,14,18,26H,2,12-13H2,1H3,(H,24,25,28). The van der Waals surface area contributed by atoms with Gasteiger partial charge in [-0.15, -0.1) is 11.3 Å². The minimum Gasteiger partial charge on any atom is -0.466 e. The highest BCUT2D eigenvalue weighted by Crippen LogP contribution is 2.19. The van der Waals surface area contributed by atoms with Crippen LogP contribution in [0, 0.1) is 5.82 Å².